The molecule has 1 spiro atoms. The molecule has 0 unspecified atom stereocenters. The van der Waals surface area contributed by atoms with Crippen LogP contribution in [0.4, 0.5) is 0 Å². The highest BCUT2D eigenvalue weighted by atomic mass is 16.7. The minimum absolute atomic E-state index is 0.0296. The fraction of sp³-hybridized carbons (Fsp3) is 0.579. The summed E-state index contributed by atoms with van der Waals surface area (Å²) in [6.45, 7) is 1.38. The van der Waals surface area contributed by atoms with E-state index in [0.717, 1.165) is 30.8 Å². The molecule has 3 heterocycles. The summed E-state index contributed by atoms with van der Waals surface area (Å²) in [4.78, 5) is 11.9. The van der Waals surface area contributed by atoms with E-state index in [1.165, 1.54) is 25.7 Å². The summed E-state index contributed by atoms with van der Waals surface area (Å²) in [5.41, 5.74) is 1.08. The van der Waals surface area contributed by atoms with Gasteiger partial charge in [0.25, 0.3) is 0 Å². The Balaban J connectivity index is 1.40. The normalized spacial score (nSPS) is 24.2. The zero-order valence-electron chi connectivity index (χ0n) is 14.5. The van der Waals surface area contributed by atoms with Gasteiger partial charge in [0.2, 0.25) is 0 Å². The molecule has 0 bridgehead atoms. The molecule has 134 valence electrons. The second kappa shape index (κ2) is 7.64. The highest BCUT2D eigenvalue weighted by molar-refractivity contribution is 5.21. The molecular weight excluding hydrogens is 316 g/mol. The Morgan fingerprint density at radius 2 is 2.12 bits per heavy atom. The molecule has 2 atom stereocenters. The molecule has 0 aromatic carbocycles. The number of nitrogens with zero attached hydrogens (tertiary/aromatic N) is 2. The number of hydrogen-bond acceptors (Lipinski definition) is 5. The third-order valence-electron chi connectivity index (χ3n) is 5.14. The first kappa shape index (κ1) is 16.7. The SMILES string of the molecule is c1cncc([C@H](NC[C@H]2COC3(CCCCCC3)O2)c2ncc[nH]2)c1. The molecule has 0 amide bonds. The largest absolute Gasteiger partial charge is 0.347 e. The van der Waals surface area contributed by atoms with E-state index in [2.05, 4.69) is 26.3 Å². The first-order valence-electron chi connectivity index (χ1n) is 9.29. The van der Waals surface area contributed by atoms with Gasteiger partial charge in [-0.3, -0.25) is 4.98 Å². The quantitative estimate of drug-likeness (QED) is 0.874. The number of aromatic amines is 1. The minimum Gasteiger partial charge on any atom is -0.347 e. The number of imidazole rings is 1. The molecule has 2 fully saturated rings. The summed E-state index contributed by atoms with van der Waals surface area (Å²) >= 11 is 0. The second-order valence-corrected chi connectivity index (χ2v) is 6.98. The average Bonchev–Trinajstić information content (AvgIpc) is 3.24. The van der Waals surface area contributed by atoms with E-state index in [9.17, 15) is 0 Å². The fourth-order valence-electron chi connectivity index (χ4n) is 3.85. The van der Waals surface area contributed by atoms with E-state index in [1.807, 2.05) is 18.5 Å². The first-order valence-corrected chi connectivity index (χ1v) is 9.29. The molecule has 6 nitrogen and oxygen atoms in total. The number of hydrogen-bond donors (Lipinski definition) is 2. The lowest BCUT2D eigenvalue weighted by atomic mass is 10.1. The van der Waals surface area contributed by atoms with E-state index in [0.29, 0.717) is 6.61 Å². The lowest BCUT2D eigenvalue weighted by Crippen LogP contribution is -2.35. The van der Waals surface area contributed by atoms with Crippen molar-refractivity contribution in [3.05, 3.63) is 48.3 Å². The van der Waals surface area contributed by atoms with E-state index >= 15 is 0 Å². The third kappa shape index (κ3) is 3.92. The van der Waals surface area contributed by atoms with Gasteiger partial charge in [-0.25, -0.2) is 4.98 Å². The van der Waals surface area contributed by atoms with Crippen LogP contribution in [0.25, 0.3) is 0 Å². The van der Waals surface area contributed by atoms with E-state index in [1.54, 1.807) is 12.4 Å². The van der Waals surface area contributed by atoms with E-state index in [4.69, 9.17) is 9.47 Å². The van der Waals surface area contributed by atoms with Gasteiger partial charge in [-0.15, -0.1) is 0 Å². The maximum absolute atomic E-state index is 6.34. The topological polar surface area (TPSA) is 72.1 Å². The van der Waals surface area contributed by atoms with Gasteiger partial charge >= 0.3 is 0 Å². The molecule has 1 aliphatic heterocycles. The third-order valence-corrected chi connectivity index (χ3v) is 5.14. The lowest BCUT2D eigenvalue weighted by Gasteiger charge is -2.27. The summed E-state index contributed by atoms with van der Waals surface area (Å²) in [6, 6.07) is 3.98. The van der Waals surface area contributed by atoms with Crippen LogP contribution in [0.15, 0.2) is 36.9 Å². The van der Waals surface area contributed by atoms with Crippen molar-refractivity contribution in [3.63, 3.8) is 0 Å². The number of aromatic nitrogens is 3. The highest BCUT2D eigenvalue weighted by Crippen LogP contribution is 2.36. The van der Waals surface area contributed by atoms with Crippen LogP contribution in [0.2, 0.25) is 0 Å². The molecule has 6 heteroatoms. The molecule has 0 radical (unpaired) electrons. The van der Waals surface area contributed by atoms with E-state index in [-0.39, 0.29) is 17.9 Å². The number of rotatable bonds is 5. The molecule has 1 aliphatic carbocycles. The first-order chi connectivity index (χ1) is 12.3. The molecule has 25 heavy (non-hydrogen) atoms. The number of nitrogens with one attached hydrogen (secondary N) is 2. The molecule has 2 N–H and O–H groups in total. The van der Waals surface area contributed by atoms with Crippen LogP contribution in [0.3, 0.4) is 0 Å². The van der Waals surface area contributed by atoms with Crippen LogP contribution < -0.4 is 5.32 Å². The summed E-state index contributed by atoms with van der Waals surface area (Å²) in [7, 11) is 0. The van der Waals surface area contributed by atoms with Gasteiger partial charge in [0.1, 0.15) is 5.82 Å². The summed E-state index contributed by atoms with van der Waals surface area (Å²) in [6.07, 6.45) is 14.4. The highest BCUT2D eigenvalue weighted by Gasteiger charge is 2.41. The number of pyridine rings is 1. The Bertz CT molecular complexity index is 639. The monoisotopic (exact) mass is 342 g/mol. The van der Waals surface area contributed by atoms with Gasteiger partial charge in [-0.2, -0.15) is 0 Å². The van der Waals surface area contributed by atoms with Gasteiger partial charge in [0.15, 0.2) is 5.79 Å². The van der Waals surface area contributed by atoms with Gasteiger partial charge in [-0.05, 0) is 24.5 Å². The molecule has 4 rings (SSSR count). The van der Waals surface area contributed by atoms with Crippen molar-refractivity contribution in [1.82, 2.24) is 20.3 Å². The second-order valence-electron chi connectivity index (χ2n) is 6.98. The van der Waals surface area contributed by atoms with Crippen molar-refractivity contribution >= 4 is 0 Å². The van der Waals surface area contributed by atoms with Crippen LogP contribution in [-0.4, -0.2) is 40.0 Å². The Morgan fingerprint density at radius 3 is 2.84 bits per heavy atom. The van der Waals surface area contributed by atoms with Crippen LogP contribution in [0, 0.1) is 0 Å². The maximum Gasteiger partial charge on any atom is 0.168 e. The Hall–Kier alpha value is -1.76. The molecule has 2 aromatic rings. The Labute approximate surface area is 148 Å². The van der Waals surface area contributed by atoms with Crippen molar-refractivity contribution in [2.45, 2.75) is 56.5 Å². The Morgan fingerprint density at radius 1 is 1.24 bits per heavy atom. The summed E-state index contributed by atoms with van der Waals surface area (Å²) in [5, 5.41) is 3.58. The van der Waals surface area contributed by atoms with Crippen LogP contribution in [-0.2, 0) is 9.47 Å². The number of H-pyrrole nitrogens is 1. The minimum atomic E-state index is -0.336. The maximum atomic E-state index is 6.34. The van der Waals surface area contributed by atoms with Crippen molar-refractivity contribution in [1.29, 1.82) is 0 Å². The van der Waals surface area contributed by atoms with Gasteiger partial charge in [-0.1, -0.05) is 18.9 Å². The van der Waals surface area contributed by atoms with E-state index < -0.39 is 0 Å². The van der Waals surface area contributed by atoms with Crippen LogP contribution in [0.5, 0.6) is 0 Å². The smallest absolute Gasteiger partial charge is 0.168 e. The zero-order chi connectivity index (χ0) is 17.0. The standard InChI is InChI=1S/C19H26N4O2/c1-2-4-8-19(7-3-1)24-14-16(25-19)13-23-17(18-21-10-11-22-18)15-6-5-9-20-12-15/h5-6,9-12,16-17,23H,1-4,7-8,13-14H2,(H,21,22)/t16-,17-/m0/s1. The zero-order valence-corrected chi connectivity index (χ0v) is 14.5. The fourth-order valence-corrected chi connectivity index (χ4v) is 3.85. The van der Waals surface area contributed by atoms with Crippen molar-refractivity contribution in [2.24, 2.45) is 0 Å². The van der Waals surface area contributed by atoms with Gasteiger partial charge in [0, 0.05) is 44.2 Å². The molecule has 1 saturated heterocycles. The number of ether oxygens (including phenoxy) is 2. The molecule has 2 aromatic heterocycles. The van der Waals surface area contributed by atoms with Crippen LogP contribution >= 0.6 is 0 Å². The average molecular weight is 342 g/mol. The van der Waals surface area contributed by atoms with Gasteiger partial charge in [0.05, 0.1) is 18.8 Å². The van der Waals surface area contributed by atoms with Crippen molar-refractivity contribution in [3.8, 4) is 0 Å². The van der Waals surface area contributed by atoms with Gasteiger partial charge < -0.3 is 19.8 Å². The molecule has 1 saturated carbocycles. The summed E-state index contributed by atoms with van der Waals surface area (Å²) < 4.78 is 12.4. The predicted molar refractivity (Wildman–Crippen MR) is 93.9 cm³/mol. The molecular formula is C19H26N4O2. The van der Waals surface area contributed by atoms with Crippen molar-refractivity contribution in [2.75, 3.05) is 13.2 Å². The van der Waals surface area contributed by atoms with Crippen molar-refractivity contribution < 1.29 is 9.47 Å². The summed E-state index contributed by atoms with van der Waals surface area (Å²) in [5.74, 6) is 0.549. The van der Waals surface area contributed by atoms with Crippen LogP contribution in [0.1, 0.15) is 56.0 Å². The lowest BCUT2D eigenvalue weighted by molar-refractivity contribution is -0.175. The molecule has 2 aliphatic rings. The Kier molecular flexibility index (Phi) is 5.10. The predicted octanol–water partition coefficient (Wildman–Crippen LogP) is 2.95.